The first-order valence-electron chi connectivity index (χ1n) is 7.09. The van der Waals surface area contributed by atoms with E-state index in [0.717, 1.165) is 5.56 Å². The molecule has 0 amide bonds. The van der Waals surface area contributed by atoms with Crippen molar-refractivity contribution in [3.05, 3.63) is 35.9 Å². The molecule has 1 N–H and O–H groups in total. The highest BCUT2D eigenvalue weighted by molar-refractivity contribution is 5.91. The van der Waals surface area contributed by atoms with E-state index in [2.05, 4.69) is 5.32 Å². The van der Waals surface area contributed by atoms with Crippen molar-refractivity contribution in [1.29, 1.82) is 0 Å². The van der Waals surface area contributed by atoms with Crippen LogP contribution in [-0.4, -0.2) is 45.3 Å². The van der Waals surface area contributed by atoms with Crippen LogP contribution in [0.25, 0.3) is 0 Å². The SMILES string of the molecule is COC(=O)[C@H]1[C@H](C(=O)OC)[C@H](C(=O)OC)N[C@@H]1c1ccccc1. The lowest BCUT2D eigenvalue weighted by Crippen LogP contribution is -2.42. The minimum atomic E-state index is -1.02. The first kappa shape index (κ1) is 17.0. The van der Waals surface area contributed by atoms with Crippen molar-refractivity contribution in [2.24, 2.45) is 11.8 Å². The van der Waals surface area contributed by atoms with E-state index in [0.29, 0.717) is 0 Å². The number of benzene rings is 1. The zero-order chi connectivity index (χ0) is 17.0. The number of hydrogen-bond acceptors (Lipinski definition) is 7. The third-order valence-electron chi connectivity index (χ3n) is 4.02. The molecule has 124 valence electrons. The van der Waals surface area contributed by atoms with Crippen LogP contribution in [0.15, 0.2) is 30.3 Å². The van der Waals surface area contributed by atoms with Crippen LogP contribution in [0.1, 0.15) is 11.6 Å². The Labute approximate surface area is 133 Å². The zero-order valence-corrected chi connectivity index (χ0v) is 13.1. The number of hydrogen-bond donors (Lipinski definition) is 1. The van der Waals surface area contributed by atoms with Crippen molar-refractivity contribution in [2.45, 2.75) is 12.1 Å². The molecule has 0 saturated carbocycles. The van der Waals surface area contributed by atoms with Gasteiger partial charge in [-0.05, 0) is 5.56 Å². The molecule has 1 fully saturated rings. The van der Waals surface area contributed by atoms with Gasteiger partial charge in [-0.2, -0.15) is 0 Å². The van der Waals surface area contributed by atoms with Crippen LogP contribution in [0.4, 0.5) is 0 Å². The molecule has 0 aromatic heterocycles. The molecule has 0 unspecified atom stereocenters. The highest BCUT2D eigenvalue weighted by Gasteiger charge is 2.55. The van der Waals surface area contributed by atoms with Gasteiger partial charge in [-0.15, -0.1) is 0 Å². The maximum absolute atomic E-state index is 12.3. The largest absolute Gasteiger partial charge is 0.469 e. The van der Waals surface area contributed by atoms with Crippen LogP contribution < -0.4 is 5.32 Å². The van der Waals surface area contributed by atoms with Gasteiger partial charge in [-0.3, -0.25) is 19.7 Å². The van der Waals surface area contributed by atoms with Gasteiger partial charge in [0.1, 0.15) is 6.04 Å². The standard InChI is InChI=1S/C16H19NO6/c1-21-14(18)10-11(15(19)22-2)13(16(20)23-3)17-12(10)9-7-5-4-6-8-9/h4-8,10-13,17H,1-3H3/t10-,11-,12+,13+/m0/s1. The average Bonchev–Trinajstić information content (AvgIpc) is 3.00. The lowest BCUT2D eigenvalue weighted by molar-refractivity contribution is -0.159. The molecule has 1 saturated heterocycles. The maximum atomic E-state index is 12.3. The van der Waals surface area contributed by atoms with E-state index in [1.54, 1.807) is 0 Å². The minimum absolute atomic E-state index is 0.558. The number of ether oxygens (including phenoxy) is 3. The normalized spacial score (nSPS) is 26.4. The summed E-state index contributed by atoms with van der Waals surface area (Å²) in [5, 5.41) is 3.01. The van der Waals surface area contributed by atoms with Crippen molar-refractivity contribution in [2.75, 3.05) is 21.3 Å². The van der Waals surface area contributed by atoms with Gasteiger partial charge in [-0.25, -0.2) is 0 Å². The quantitative estimate of drug-likeness (QED) is 0.636. The summed E-state index contributed by atoms with van der Waals surface area (Å²) in [6, 6.07) is 7.52. The third-order valence-corrected chi connectivity index (χ3v) is 4.02. The van der Waals surface area contributed by atoms with Crippen LogP contribution in [0.3, 0.4) is 0 Å². The summed E-state index contributed by atoms with van der Waals surface area (Å²) in [6.45, 7) is 0. The Bertz CT molecular complexity index is 587. The summed E-state index contributed by atoms with van der Waals surface area (Å²) in [5.41, 5.74) is 0.767. The molecular formula is C16H19NO6. The summed E-state index contributed by atoms with van der Waals surface area (Å²) in [4.78, 5) is 36.5. The Kier molecular flexibility index (Phi) is 5.33. The molecule has 4 atom stereocenters. The second-order valence-electron chi connectivity index (χ2n) is 5.15. The van der Waals surface area contributed by atoms with Crippen molar-refractivity contribution >= 4 is 17.9 Å². The molecule has 7 heteroatoms. The summed E-state index contributed by atoms with van der Waals surface area (Å²) < 4.78 is 14.4. The van der Waals surface area contributed by atoms with E-state index >= 15 is 0 Å². The topological polar surface area (TPSA) is 90.9 Å². The van der Waals surface area contributed by atoms with E-state index in [9.17, 15) is 14.4 Å². The van der Waals surface area contributed by atoms with Crippen LogP contribution >= 0.6 is 0 Å². The molecule has 1 heterocycles. The maximum Gasteiger partial charge on any atom is 0.323 e. The van der Waals surface area contributed by atoms with Crippen molar-refractivity contribution in [3.63, 3.8) is 0 Å². The highest BCUT2D eigenvalue weighted by Crippen LogP contribution is 2.39. The summed E-state index contributed by atoms with van der Waals surface area (Å²) in [6.07, 6.45) is 0. The fraction of sp³-hybridized carbons (Fsp3) is 0.438. The third kappa shape index (κ3) is 3.19. The molecule has 7 nitrogen and oxygen atoms in total. The molecule has 0 spiro atoms. The zero-order valence-electron chi connectivity index (χ0n) is 13.1. The first-order valence-corrected chi connectivity index (χ1v) is 7.09. The first-order chi connectivity index (χ1) is 11.0. The number of nitrogens with one attached hydrogen (secondary N) is 1. The van der Waals surface area contributed by atoms with E-state index in [1.165, 1.54) is 21.3 Å². The predicted molar refractivity (Wildman–Crippen MR) is 79.1 cm³/mol. The minimum Gasteiger partial charge on any atom is -0.469 e. The van der Waals surface area contributed by atoms with E-state index in [-0.39, 0.29) is 0 Å². The van der Waals surface area contributed by atoms with Gasteiger partial charge in [0.05, 0.1) is 33.2 Å². The van der Waals surface area contributed by atoms with Crippen molar-refractivity contribution in [1.82, 2.24) is 5.32 Å². The number of carbonyl (C=O) groups is 3. The van der Waals surface area contributed by atoms with E-state index < -0.39 is 41.8 Å². The van der Waals surface area contributed by atoms with Gasteiger partial charge in [0.2, 0.25) is 0 Å². The van der Waals surface area contributed by atoms with Gasteiger partial charge < -0.3 is 14.2 Å². The number of carbonyl (C=O) groups excluding carboxylic acids is 3. The fourth-order valence-electron chi connectivity index (χ4n) is 2.96. The van der Waals surface area contributed by atoms with Crippen LogP contribution in [0.2, 0.25) is 0 Å². The van der Waals surface area contributed by atoms with Crippen molar-refractivity contribution in [3.8, 4) is 0 Å². The summed E-state index contributed by atoms with van der Waals surface area (Å²) in [5.74, 6) is -3.80. The average molecular weight is 321 g/mol. The molecule has 0 bridgehead atoms. The fourth-order valence-corrected chi connectivity index (χ4v) is 2.96. The lowest BCUT2D eigenvalue weighted by Gasteiger charge is -2.21. The second-order valence-corrected chi connectivity index (χ2v) is 5.15. The van der Waals surface area contributed by atoms with Crippen LogP contribution in [0.5, 0.6) is 0 Å². The van der Waals surface area contributed by atoms with Gasteiger partial charge in [0.15, 0.2) is 0 Å². The van der Waals surface area contributed by atoms with Crippen LogP contribution in [0, 0.1) is 11.8 Å². The summed E-state index contributed by atoms with van der Waals surface area (Å²) >= 11 is 0. The molecule has 1 aromatic carbocycles. The van der Waals surface area contributed by atoms with Gasteiger partial charge in [-0.1, -0.05) is 30.3 Å². The second kappa shape index (κ2) is 7.23. The van der Waals surface area contributed by atoms with Gasteiger partial charge in [0.25, 0.3) is 0 Å². The monoisotopic (exact) mass is 321 g/mol. The molecule has 1 aliphatic heterocycles. The molecule has 1 aromatic rings. The Morgan fingerprint density at radius 3 is 1.87 bits per heavy atom. The lowest BCUT2D eigenvalue weighted by atomic mass is 9.84. The Morgan fingerprint density at radius 1 is 0.826 bits per heavy atom. The van der Waals surface area contributed by atoms with Crippen LogP contribution in [-0.2, 0) is 28.6 Å². The number of rotatable bonds is 4. The smallest absolute Gasteiger partial charge is 0.323 e. The highest BCUT2D eigenvalue weighted by atomic mass is 16.5. The Hall–Kier alpha value is -2.41. The number of esters is 3. The Morgan fingerprint density at radius 2 is 1.35 bits per heavy atom. The molecular weight excluding hydrogens is 302 g/mol. The molecule has 2 rings (SSSR count). The van der Waals surface area contributed by atoms with Gasteiger partial charge >= 0.3 is 17.9 Å². The number of methoxy groups -OCH3 is 3. The molecule has 0 radical (unpaired) electrons. The predicted octanol–water partition coefficient (Wildman–Crippen LogP) is 0.451. The van der Waals surface area contributed by atoms with Crippen molar-refractivity contribution < 1.29 is 28.6 Å². The van der Waals surface area contributed by atoms with Gasteiger partial charge in [0, 0.05) is 6.04 Å². The Balaban J connectivity index is 2.47. The van der Waals surface area contributed by atoms with E-state index in [1.807, 2.05) is 30.3 Å². The molecule has 0 aliphatic carbocycles. The van der Waals surface area contributed by atoms with E-state index in [4.69, 9.17) is 14.2 Å². The molecule has 1 aliphatic rings. The summed E-state index contributed by atoms with van der Waals surface area (Å²) in [7, 11) is 3.67. The molecule has 23 heavy (non-hydrogen) atoms.